The van der Waals surface area contributed by atoms with Gasteiger partial charge >= 0.3 is 0 Å². The molecule has 1 aromatic rings. The van der Waals surface area contributed by atoms with Crippen molar-refractivity contribution in [3.05, 3.63) is 35.4 Å². The van der Waals surface area contributed by atoms with Crippen LogP contribution >= 0.6 is 0 Å². The van der Waals surface area contributed by atoms with Gasteiger partial charge in [-0.25, -0.2) is 0 Å². The Morgan fingerprint density at radius 1 is 1.19 bits per heavy atom. The zero-order valence-electron chi connectivity index (χ0n) is 13.6. The van der Waals surface area contributed by atoms with E-state index >= 15 is 0 Å². The zero-order valence-corrected chi connectivity index (χ0v) is 13.6. The molecule has 1 saturated carbocycles. The van der Waals surface area contributed by atoms with E-state index in [1.807, 2.05) is 24.3 Å². The van der Waals surface area contributed by atoms with Gasteiger partial charge < -0.3 is 15.6 Å². The van der Waals surface area contributed by atoms with Crippen LogP contribution in [0.15, 0.2) is 24.3 Å². The molecule has 1 aliphatic rings. The largest absolute Gasteiger partial charge is 0.388 e. The van der Waals surface area contributed by atoms with Gasteiger partial charge in [0.15, 0.2) is 0 Å². The Morgan fingerprint density at radius 2 is 1.81 bits per heavy atom. The summed E-state index contributed by atoms with van der Waals surface area (Å²) in [6.07, 6.45) is 3.70. The van der Waals surface area contributed by atoms with Crippen LogP contribution < -0.4 is 5.73 Å². The molecule has 1 fully saturated rings. The molecule has 0 heterocycles. The van der Waals surface area contributed by atoms with E-state index < -0.39 is 6.10 Å². The standard InChI is InChI=1S/C18H29NO2/c1-17(2)8-10-18(13-19,11-9-17)16(20)15-7-5-4-6-14(15)12-21-3/h4-7,16,20H,8-13,19H2,1-3H3. The van der Waals surface area contributed by atoms with E-state index in [2.05, 4.69) is 13.8 Å². The SMILES string of the molecule is COCc1ccccc1C(O)C1(CN)CCC(C)(C)CC1. The van der Waals surface area contributed by atoms with E-state index in [0.717, 1.165) is 36.8 Å². The van der Waals surface area contributed by atoms with Crippen LogP contribution in [0.25, 0.3) is 0 Å². The van der Waals surface area contributed by atoms with Gasteiger partial charge in [0, 0.05) is 19.1 Å². The van der Waals surface area contributed by atoms with E-state index in [4.69, 9.17) is 10.5 Å². The molecule has 0 aliphatic heterocycles. The van der Waals surface area contributed by atoms with Crippen LogP contribution in [0.3, 0.4) is 0 Å². The maximum Gasteiger partial charge on any atom is 0.0861 e. The molecule has 3 N–H and O–H groups in total. The molecule has 21 heavy (non-hydrogen) atoms. The Morgan fingerprint density at radius 3 is 2.38 bits per heavy atom. The molecular weight excluding hydrogens is 262 g/mol. The molecule has 1 atom stereocenters. The van der Waals surface area contributed by atoms with Crippen molar-refractivity contribution >= 4 is 0 Å². The van der Waals surface area contributed by atoms with Crippen LogP contribution in [-0.4, -0.2) is 18.8 Å². The van der Waals surface area contributed by atoms with Crippen molar-refractivity contribution in [3.8, 4) is 0 Å². The molecule has 0 amide bonds. The van der Waals surface area contributed by atoms with Gasteiger partial charge in [-0.1, -0.05) is 38.1 Å². The molecule has 0 spiro atoms. The van der Waals surface area contributed by atoms with Crippen molar-refractivity contribution in [1.29, 1.82) is 0 Å². The molecule has 1 aromatic carbocycles. The third-order valence-corrected chi connectivity index (χ3v) is 5.24. The van der Waals surface area contributed by atoms with Gasteiger partial charge in [0.05, 0.1) is 12.7 Å². The molecule has 2 rings (SSSR count). The van der Waals surface area contributed by atoms with Crippen molar-refractivity contribution in [2.45, 2.75) is 52.2 Å². The number of nitrogens with two attached hydrogens (primary N) is 1. The smallest absolute Gasteiger partial charge is 0.0861 e. The fourth-order valence-electron chi connectivity index (χ4n) is 3.43. The van der Waals surface area contributed by atoms with E-state index in [9.17, 15) is 5.11 Å². The van der Waals surface area contributed by atoms with E-state index in [1.54, 1.807) is 7.11 Å². The van der Waals surface area contributed by atoms with Gasteiger partial charge in [-0.15, -0.1) is 0 Å². The topological polar surface area (TPSA) is 55.5 Å². The molecule has 0 radical (unpaired) electrons. The second kappa shape index (κ2) is 6.47. The lowest BCUT2D eigenvalue weighted by molar-refractivity contribution is -0.0246. The van der Waals surface area contributed by atoms with Gasteiger partial charge in [-0.05, 0) is 42.2 Å². The normalized spacial score (nSPS) is 22.0. The summed E-state index contributed by atoms with van der Waals surface area (Å²) < 4.78 is 5.26. The minimum Gasteiger partial charge on any atom is -0.388 e. The lowest BCUT2D eigenvalue weighted by Gasteiger charge is -2.46. The first-order valence-electron chi connectivity index (χ1n) is 7.89. The average Bonchev–Trinajstić information content (AvgIpc) is 2.48. The molecule has 1 unspecified atom stereocenters. The Hall–Kier alpha value is -0.900. The third kappa shape index (κ3) is 3.47. The number of aliphatic hydroxyl groups excluding tert-OH is 1. The minimum atomic E-state index is -0.509. The van der Waals surface area contributed by atoms with E-state index in [0.29, 0.717) is 18.6 Å². The van der Waals surface area contributed by atoms with Gasteiger partial charge in [-0.3, -0.25) is 0 Å². The quantitative estimate of drug-likeness (QED) is 0.874. The first kappa shape index (κ1) is 16.5. The summed E-state index contributed by atoms with van der Waals surface area (Å²) in [6, 6.07) is 8.01. The van der Waals surface area contributed by atoms with Crippen LogP contribution in [0.2, 0.25) is 0 Å². The number of hydrogen-bond donors (Lipinski definition) is 2. The summed E-state index contributed by atoms with van der Waals surface area (Å²) >= 11 is 0. The molecular formula is C18H29NO2. The van der Waals surface area contributed by atoms with Crippen molar-refractivity contribution in [2.75, 3.05) is 13.7 Å². The summed E-state index contributed by atoms with van der Waals surface area (Å²) in [5.41, 5.74) is 8.31. The van der Waals surface area contributed by atoms with Crippen LogP contribution in [0.5, 0.6) is 0 Å². The minimum absolute atomic E-state index is 0.195. The summed E-state index contributed by atoms with van der Waals surface area (Å²) in [4.78, 5) is 0. The molecule has 3 heteroatoms. The predicted octanol–water partition coefficient (Wildman–Crippen LogP) is 3.41. The number of aliphatic hydroxyl groups is 1. The lowest BCUT2D eigenvalue weighted by Crippen LogP contribution is -2.42. The highest BCUT2D eigenvalue weighted by Crippen LogP contribution is 2.51. The molecule has 0 aromatic heterocycles. The maximum absolute atomic E-state index is 11.0. The number of methoxy groups -OCH3 is 1. The Labute approximate surface area is 128 Å². The molecule has 118 valence electrons. The van der Waals surface area contributed by atoms with Crippen molar-refractivity contribution in [1.82, 2.24) is 0 Å². The highest BCUT2D eigenvalue weighted by molar-refractivity contribution is 5.30. The summed E-state index contributed by atoms with van der Waals surface area (Å²) in [5, 5.41) is 11.0. The highest BCUT2D eigenvalue weighted by Gasteiger charge is 2.43. The Kier molecular flexibility index (Phi) is 5.07. The lowest BCUT2D eigenvalue weighted by atomic mass is 9.61. The van der Waals surface area contributed by atoms with Gasteiger partial charge in [0.2, 0.25) is 0 Å². The Bertz CT molecular complexity index is 460. The van der Waals surface area contributed by atoms with Crippen LogP contribution in [0, 0.1) is 10.8 Å². The van der Waals surface area contributed by atoms with Crippen molar-refractivity contribution in [2.24, 2.45) is 16.6 Å². The molecule has 3 nitrogen and oxygen atoms in total. The summed E-state index contributed by atoms with van der Waals surface area (Å²) in [5.74, 6) is 0. The fourth-order valence-corrected chi connectivity index (χ4v) is 3.43. The number of ether oxygens (including phenoxy) is 1. The van der Waals surface area contributed by atoms with Crippen LogP contribution in [0.4, 0.5) is 0 Å². The first-order chi connectivity index (χ1) is 9.94. The zero-order chi connectivity index (χ0) is 15.5. The average molecular weight is 291 g/mol. The monoisotopic (exact) mass is 291 g/mol. The second-order valence-electron chi connectivity index (χ2n) is 7.27. The van der Waals surface area contributed by atoms with Crippen LogP contribution in [-0.2, 0) is 11.3 Å². The summed E-state index contributed by atoms with van der Waals surface area (Å²) in [6.45, 7) is 5.67. The molecule has 0 saturated heterocycles. The van der Waals surface area contributed by atoms with Crippen LogP contribution in [0.1, 0.15) is 56.8 Å². The maximum atomic E-state index is 11.0. The highest BCUT2D eigenvalue weighted by atomic mass is 16.5. The number of benzene rings is 1. The number of hydrogen-bond acceptors (Lipinski definition) is 3. The van der Waals surface area contributed by atoms with E-state index in [-0.39, 0.29) is 5.41 Å². The molecule has 1 aliphatic carbocycles. The van der Waals surface area contributed by atoms with Gasteiger partial charge in [-0.2, -0.15) is 0 Å². The first-order valence-corrected chi connectivity index (χ1v) is 7.89. The number of rotatable bonds is 5. The second-order valence-corrected chi connectivity index (χ2v) is 7.27. The Balaban J connectivity index is 2.27. The predicted molar refractivity (Wildman–Crippen MR) is 85.9 cm³/mol. The van der Waals surface area contributed by atoms with E-state index in [1.165, 1.54) is 0 Å². The molecule has 0 bridgehead atoms. The van der Waals surface area contributed by atoms with Crippen molar-refractivity contribution < 1.29 is 9.84 Å². The van der Waals surface area contributed by atoms with Crippen molar-refractivity contribution in [3.63, 3.8) is 0 Å². The van der Waals surface area contributed by atoms with Gasteiger partial charge in [0.1, 0.15) is 0 Å². The third-order valence-electron chi connectivity index (χ3n) is 5.24. The summed E-state index contributed by atoms with van der Waals surface area (Å²) in [7, 11) is 1.69. The van der Waals surface area contributed by atoms with Gasteiger partial charge in [0.25, 0.3) is 0 Å². The fraction of sp³-hybridized carbons (Fsp3) is 0.667.